The monoisotopic (exact) mass is 235 g/mol. The average molecular weight is 235 g/mol. The normalized spacial score (nSPS) is 21.6. The van der Waals surface area contributed by atoms with E-state index < -0.39 is 0 Å². The maximum atomic E-state index is 9.13. The number of rotatable bonds is 6. The van der Waals surface area contributed by atoms with E-state index in [1.54, 1.807) is 0 Å². The Morgan fingerprint density at radius 2 is 2.18 bits per heavy atom. The fraction of sp³-hybridized carbons (Fsp3) is 0.571. The molecule has 1 heterocycles. The maximum absolute atomic E-state index is 9.13. The van der Waals surface area contributed by atoms with Crippen LogP contribution in [0.1, 0.15) is 24.4 Å². The lowest BCUT2D eigenvalue weighted by Crippen LogP contribution is -2.28. The zero-order chi connectivity index (χ0) is 11.9. The fourth-order valence-electron chi connectivity index (χ4n) is 2.25. The van der Waals surface area contributed by atoms with Gasteiger partial charge >= 0.3 is 0 Å². The van der Waals surface area contributed by atoms with Crippen molar-refractivity contribution in [1.29, 1.82) is 0 Å². The number of hydrogen-bond acceptors (Lipinski definition) is 3. The van der Waals surface area contributed by atoms with Crippen LogP contribution in [-0.2, 0) is 4.74 Å². The van der Waals surface area contributed by atoms with Gasteiger partial charge in [0.05, 0.1) is 6.61 Å². The van der Waals surface area contributed by atoms with E-state index in [2.05, 4.69) is 17.4 Å². The summed E-state index contributed by atoms with van der Waals surface area (Å²) in [5.74, 6) is 0.625. The molecular weight excluding hydrogens is 214 g/mol. The molecule has 17 heavy (non-hydrogen) atoms. The van der Waals surface area contributed by atoms with Gasteiger partial charge in [-0.3, -0.25) is 0 Å². The van der Waals surface area contributed by atoms with E-state index in [0.717, 1.165) is 32.6 Å². The average Bonchev–Trinajstić information content (AvgIpc) is 2.88. The Hall–Kier alpha value is -0.900. The number of nitrogens with one attached hydrogen (secondary N) is 1. The minimum absolute atomic E-state index is 0.216. The first-order chi connectivity index (χ1) is 8.40. The molecular formula is C14H21NO2. The number of benzene rings is 1. The highest BCUT2D eigenvalue weighted by atomic mass is 16.5. The van der Waals surface area contributed by atoms with Crippen LogP contribution in [0.5, 0.6) is 0 Å². The van der Waals surface area contributed by atoms with Gasteiger partial charge in [-0.1, -0.05) is 30.3 Å². The second-order valence-electron chi connectivity index (χ2n) is 4.61. The van der Waals surface area contributed by atoms with E-state index in [0.29, 0.717) is 5.92 Å². The fourth-order valence-corrected chi connectivity index (χ4v) is 2.25. The molecule has 1 aliphatic heterocycles. The summed E-state index contributed by atoms with van der Waals surface area (Å²) < 4.78 is 5.37. The first-order valence-corrected chi connectivity index (χ1v) is 6.37. The lowest BCUT2D eigenvalue weighted by molar-refractivity contribution is 0.183. The molecule has 1 saturated heterocycles. The van der Waals surface area contributed by atoms with Crippen molar-refractivity contribution in [2.24, 2.45) is 5.92 Å². The Morgan fingerprint density at radius 1 is 1.35 bits per heavy atom. The molecule has 1 fully saturated rings. The first kappa shape index (κ1) is 12.6. The Morgan fingerprint density at radius 3 is 2.82 bits per heavy atom. The highest BCUT2D eigenvalue weighted by Crippen LogP contribution is 2.18. The van der Waals surface area contributed by atoms with E-state index >= 15 is 0 Å². The van der Waals surface area contributed by atoms with Gasteiger partial charge in [0, 0.05) is 25.8 Å². The summed E-state index contributed by atoms with van der Waals surface area (Å²) in [7, 11) is 0. The van der Waals surface area contributed by atoms with Crippen molar-refractivity contribution in [3.63, 3.8) is 0 Å². The number of ether oxygens (including phenoxy) is 1. The van der Waals surface area contributed by atoms with Gasteiger partial charge in [-0.05, 0) is 24.3 Å². The van der Waals surface area contributed by atoms with E-state index in [4.69, 9.17) is 9.84 Å². The SMILES string of the molecule is OCCC(NCC1CCOC1)c1ccccc1. The van der Waals surface area contributed by atoms with E-state index in [9.17, 15) is 0 Å². The summed E-state index contributed by atoms with van der Waals surface area (Å²) in [5.41, 5.74) is 1.25. The Kier molecular flexibility index (Phi) is 4.98. The van der Waals surface area contributed by atoms with Gasteiger partial charge in [0.2, 0.25) is 0 Å². The second-order valence-corrected chi connectivity index (χ2v) is 4.61. The third-order valence-corrected chi connectivity index (χ3v) is 3.30. The third-order valence-electron chi connectivity index (χ3n) is 3.30. The standard InChI is InChI=1S/C14H21NO2/c16-8-6-14(13-4-2-1-3-5-13)15-10-12-7-9-17-11-12/h1-5,12,14-16H,6-11H2. The van der Waals surface area contributed by atoms with Gasteiger partial charge in [0.1, 0.15) is 0 Å². The van der Waals surface area contributed by atoms with Crippen LogP contribution >= 0.6 is 0 Å². The van der Waals surface area contributed by atoms with Crippen molar-refractivity contribution < 1.29 is 9.84 Å². The van der Waals surface area contributed by atoms with Crippen LogP contribution in [0.25, 0.3) is 0 Å². The van der Waals surface area contributed by atoms with Gasteiger partial charge in [-0.15, -0.1) is 0 Å². The van der Waals surface area contributed by atoms with E-state index in [-0.39, 0.29) is 12.6 Å². The predicted molar refractivity (Wildman–Crippen MR) is 67.8 cm³/mol. The molecule has 0 aliphatic carbocycles. The molecule has 2 atom stereocenters. The van der Waals surface area contributed by atoms with E-state index in [1.807, 2.05) is 18.2 Å². The molecule has 3 nitrogen and oxygen atoms in total. The number of aliphatic hydroxyl groups is 1. The van der Waals surface area contributed by atoms with Crippen molar-refractivity contribution in [3.05, 3.63) is 35.9 Å². The van der Waals surface area contributed by atoms with Crippen LogP contribution in [-0.4, -0.2) is 31.5 Å². The molecule has 2 rings (SSSR count). The quantitative estimate of drug-likeness (QED) is 0.789. The smallest absolute Gasteiger partial charge is 0.0507 e. The van der Waals surface area contributed by atoms with Gasteiger partial charge in [0.15, 0.2) is 0 Å². The molecule has 1 aromatic carbocycles. The minimum atomic E-state index is 0.216. The predicted octanol–water partition coefficient (Wildman–Crippen LogP) is 1.74. The molecule has 0 bridgehead atoms. The first-order valence-electron chi connectivity index (χ1n) is 6.37. The van der Waals surface area contributed by atoms with Crippen LogP contribution in [0.3, 0.4) is 0 Å². The van der Waals surface area contributed by atoms with Crippen LogP contribution in [0.15, 0.2) is 30.3 Å². The minimum Gasteiger partial charge on any atom is -0.396 e. The molecule has 0 amide bonds. The lowest BCUT2D eigenvalue weighted by atomic mass is 10.0. The molecule has 0 aromatic heterocycles. The number of aliphatic hydroxyl groups excluding tert-OH is 1. The summed E-state index contributed by atoms with van der Waals surface area (Å²) >= 11 is 0. The topological polar surface area (TPSA) is 41.5 Å². The zero-order valence-electron chi connectivity index (χ0n) is 10.1. The van der Waals surface area contributed by atoms with Crippen LogP contribution in [0, 0.1) is 5.92 Å². The molecule has 2 unspecified atom stereocenters. The van der Waals surface area contributed by atoms with Gasteiger partial charge in [-0.25, -0.2) is 0 Å². The summed E-state index contributed by atoms with van der Waals surface area (Å²) in [6, 6.07) is 10.6. The number of hydrogen-bond donors (Lipinski definition) is 2. The molecule has 0 radical (unpaired) electrons. The van der Waals surface area contributed by atoms with Gasteiger partial charge in [-0.2, -0.15) is 0 Å². The van der Waals surface area contributed by atoms with Crippen LogP contribution in [0.4, 0.5) is 0 Å². The van der Waals surface area contributed by atoms with Crippen molar-refractivity contribution in [3.8, 4) is 0 Å². The largest absolute Gasteiger partial charge is 0.396 e. The lowest BCUT2D eigenvalue weighted by Gasteiger charge is -2.20. The maximum Gasteiger partial charge on any atom is 0.0507 e. The zero-order valence-corrected chi connectivity index (χ0v) is 10.1. The van der Waals surface area contributed by atoms with Crippen molar-refractivity contribution >= 4 is 0 Å². The second kappa shape index (κ2) is 6.74. The molecule has 1 aromatic rings. The third kappa shape index (κ3) is 3.80. The summed E-state index contributed by atoms with van der Waals surface area (Å²) in [6.45, 7) is 2.95. The Labute approximate surface area is 103 Å². The van der Waals surface area contributed by atoms with E-state index in [1.165, 1.54) is 5.56 Å². The van der Waals surface area contributed by atoms with Crippen molar-refractivity contribution in [1.82, 2.24) is 5.32 Å². The molecule has 94 valence electrons. The van der Waals surface area contributed by atoms with Gasteiger partial charge < -0.3 is 15.2 Å². The highest BCUT2D eigenvalue weighted by Gasteiger charge is 2.17. The molecule has 2 N–H and O–H groups in total. The van der Waals surface area contributed by atoms with Crippen molar-refractivity contribution in [2.45, 2.75) is 18.9 Å². The Bertz CT molecular complexity index is 309. The van der Waals surface area contributed by atoms with Gasteiger partial charge in [0.25, 0.3) is 0 Å². The van der Waals surface area contributed by atoms with Crippen LogP contribution in [0.2, 0.25) is 0 Å². The molecule has 0 spiro atoms. The molecule has 0 saturated carbocycles. The highest BCUT2D eigenvalue weighted by molar-refractivity contribution is 5.18. The molecule has 3 heteroatoms. The summed E-state index contributed by atoms with van der Waals surface area (Å²) in [6.07, 6.45) is 1.91. The summed E-state index contributed by atoms with van der Waals surface area (Å²) in [5, 5.41) is 12.7. The van der Waals surface area contributed by atoms with Crippen LogP contribution < -0.4 is 5.32 Å². The molecule has 1 aliphatic rings. The Balaban J connectivity index is 1.88. The van der Waals surface area contributed by atoms with Crippen molar-refractivity contribution in [2.75, 3.05) is 26.4 Å². The summed E-state index contributed by atoms with van der Waals surface area (Å²) in [4.78, 5) is 0.